The molecule has 1 aliphatic heterocycles. The maximum atomic E-state index is 11.0. The van der Waals surface area contributed by atoms with Gasteiger partial charge in [-0.25, -0.2) is 0 Å². The molecule has 0 amide bonds. The van der Waals surface area contributed by atoms with Crippen molar-refractivity contribution in [3.63, 3.8) is 0 Å². The molecule has 3 aliphatic rings. The van der Waals surface area contributed by atoms with Gasteiger partial charge in [-0.3, -0.25) is 0 Å². The van der Waals surface area contributed by atoms with Crippen LogP contribution in [0.15, 0.2) is 23.8 Å². The summed E-state index contributed by atoms with van der Waals surface area (Å²) in [6.45, 7) is 1.18. The Labute approximate surface area is 146 Å². The van der Waals surface area contributed by atoms with Gasteiger partial charge in [-0.1, -0.05) is 36.6 Å². The summed E-state index contributed by atoms with van der Waals surface area (Å²) in [6, 6.07) is 0. The second-order valence-corrected chi connectivity index (χ2v) is 7.74. The van der Waals surface area contributed by atoms with Crippen LogP contribution in [0.25, 0.3) is 0 Å². The number of fused-ring (bicyclic) bond motifs is 1. The zero-order valence-electron chi connectivity index (χ0n) is 14.9. The molecule has 2 N–H and O–H groups in total. The standard InChI is InChI=1S/C21H34O3/c22-14-7-4-2-1-3-5-10-18-16-11-9-12-17(16)20(21(18)23)19-13-6-8-15-24-19/h5,10-11,17-23H,1-4,6-9,12-15H2/t17-,18-,19-,20+,21+/m1/s1. The first kappa shape index (κ1) is 18.2. The molecular formula is C21H34O3. The van der Waals surface area contributed by atoms with Crippen LogP contribution in [0.4, 0.5) is 0 Å². The van der Waals surface area contributed by atoms with Crippen LogP contribution in [0, 0.1) is 17.8 Å². The molecule has 5 atom stereocenters. The summed E-state index contributed by atoms with van der Waals surface area (Å²) < 4.78 is 6.04. The number of hydrogen-bond acceptors (Lipinski definition) is 3. The van der Waals surface area contributed by atoms with Gasteiger partial charge < -0.3 is 14.9 Å². The third-order valence-corrected chi connectivity index (χ3v) is 6.16. The molecule has 0 bridgehead atoms. The second kappa shape index (κ2) is 9.17. The molecule has 0 aromatic heterocycles. The Morgan fingerprint density at radius 1 is 1.12 bits per heavy atom. The molecular weight excluding hydrogens is 300 g/mol. The van der Waals surface area contributed by atoms with E-state index < -0.39 is 0 Å². The van der Waals surface area contributed by atoms with E-state index in [0.29, 0.717) is 18.4 Å². The van der Waals surface area contributed by atoms with Gasteiger partial charge in [0.1, 0.15) is 0 Å². The first-order chi connectivity index (χ1) is 11.8. The number of aliphatic hydroxyl groups excluding tert-OH is 2. The molecule has 3 heteroatoms. The van der Waals surface area contributed by atoms with Gasteiger partial charge in [-0.15, -0.1) is 0 Å². The van der Waals surface area contributed by atoms with Crippen LogP contribution in [0.3, 0.4) is 0 Å². The Bertz CT molecular complexity index is 436. The lowest BCUT2D eigenvalue weighted by Crippen LogP contribution is -2.37. The summed E-state index contributed by atoms with van der Waals surface area (Å²) in [7, 11) is 0. The summed E-state index contributed by atoms with van der Waals surface area (Å²) >= 11 is 0. The van der Waals surface area contributed by atoms with E-state index in [-0.39, 0.29) is 18.1 Å². The van der Waals surface area contributed by atoms with Crippen molar-refractivity contribution in [3.8, 4) is 0 Å². The quantitative estimate of drug-likeness (QED) is 0.521. The third kappa shape index (κ3) is 4.12. The molecule has 2 fully saturated rings. The molecule has 1 heterocycles. The monoisotopic (exact) mass is 334 g/mol. The Morgan fingerprint density at radius 2 is 2.00 bits per heavy atom. The van der Waals surface area contributed by atoms with Crippen molar-refractivity contribution in [1.29, 1.82) is 0 Å². The Balaban J connectivity index is 1.55. The average molecular weight is 335 g/mol. The average Bonchev–Trinajstić information content (AvgIpc) is 3.16. The molecule has 1 saturated carbocycles. The normalized spacial score (nSPS) is 36.2. The Morgan fingerprint density at radius 3 is 2.79 bits per heavy atom. The highest BCUT2D eigenvalue weighted by molar-refractivity contribution is 5.30. The second-order valence-electron chi connectivity index (χ2n) is 7.74. The van der Waals surface area contributed by atoms with Gasteiger partial charge in [0.2, 0.25) is 0 Å². The molecule has 0 spiro atoms. The van der Waals surface area contributed by atoms with Crippen molar-refractivity contribution in [3.05, 3.63) is 23.8 Å². The highest BCUT2D eigenvalue weighted by atomic mass is 16.5. The van der Waals surface area contributed by atoms with E-state index in [1.165, 1.54) is 44.1 Å². The summed E-state index contributed by atoms with van der Waals surface area (Å²) in [5.41, 5.74) is 1.48. The molecule has 24 heavy (non-hydrogen) atoms. The smallest absolute Gasteiger partial charge is 0.0698 e. The highest BCUT2D eigenvalue weighted by Crippen LogP contribution is 2.51. The molecule has 0 aromatic rings. The van der Waals surface area contributed by atoms with E-state index in [1.807, 2.05) is 0 Å². The van der Waals surface area contributed by atoms with Gasteiger partial charge in [0.15, 0.2) is 0 Å². The van der Waals surface area contributed by atoms with Gasteiger partial charge >= 0.3 is 0 Å². The molecule has 2 aliphatic carbocycles. The van der Waals surface area contributed by atoms with Gasteiger partial charge in [-0.05, 0) is 57.3 Å². The summed E-state index contributed by atoms with van der Waals surface area (Å²) in [6.07, 6.45) is 18.3. The van der Waals surface area contributed by atoms with E-state index in [1.54, 1.807) is 0 Å². The van der Waals surface area contributed by atoms with E-state index in [0.717, 1.165) is 32.3 Å². The number of ether oxygens (including phenoxy) is 1. The fourth-order valence-corrected chi connectivity index (χ4v) is 4.96. The van der Waals surface area contributed by atoms with Crippen LogP contribution in [-0.2, 0) is 4.74 Å². The van der Waals surface area contributed by atoms with E-state index >= 15 is 0 Å². The minimum atomic E-state index is -0.268. The molecule has 0 unspecified atom stereocenters. The fourth-order valence-electron chi connectivity index (χ4n) is 4.96. The van der Waals surface area contributed by atoms with Crippen LogP contribution in [0.5, 0.6) is 0 Å². The topological polar surface area (TPSA) is 49.7 Å². The first-order valence-corrected chi connectivity index (χ1v) is 10.1. The maximum absolute atomic E-state index is 11.0. The Hall–Kier alpha value is -0.640. The highest BCUT2D eigenvalue weighted by Gasteiger charge is 2.49. The lowest BCUT2D eigenvalue weighted by Gasteiger charge is -2.33. The van der Waals surface area contributed by atoms with Gasteiger partial charge in [0, 0.05) is 25.0 Å². The van der Waals surface area contributed by atoms with Crippen molar-refractivity contribution in [2.24, 2.45) is 17.8 Å². The molecule has 0 radical (unpaired) electrons. The number of allylic oxidation sites excluding steroid dienone is 2. The fraction of sp³-hybridized carbons (Fsp3) is 0.810. The lowest BCUT2D eigenvalue weighted by molar-refractivity contribution is -0.0659. The molecule has 3 rings (SSSR count). The van der Waals surface area contributed by atoms with Crippen molar-refractivity contribution in [2.75, 3.05) is 13.2 Å². The third-order valence-electron chi connectivity index (χ3n) is 6.16. The van der Waals surface area contributed by atoms with Crippen molar-refractivity contribution in [1.82, 2.24) is 0 Å². The van der Waals surface area contributed by atoms with E-state index in [2.05, 4.69) is 18.2 Å². The van der Waals surface area contributed by atoms with Gasteiger partial charge in [0.05, 0.1) is 12.2 Å². The van der Waals surface area contributed by atoms with E-state index in [4.69, 9.17) is 9.84 Å². The maximum Gasteiger partial charge on any atom is 0.0698 e. The van der Waals surface area contributed by atoms with Crippen LogP contribution in [0.2, 0.25) is 0 Å². The molecule has 3 nitrogen and oxygen atoms in total. The SMILES string of the molecule is OCCCCCCC=C[C@@H]1C2=CCC[C@H]2[C@@H]([C@H]2CCCCO2)[C@H]1O. The minimum absolute atomic E-state index is 0.213. The van der Waals surface area contributed by atoms with E-state index in [9.17, 15) is 5.11 Å². The number of hydrogen-bond donors (Lipinski definition) is 2. The molecule has 136 valence electrons. The van der Waals surface area contributed by atoms with Crippen molar-refractivity contribution < 1.29 is 14.9 Å². The summed E-state index contributed by atoms with van der Waals surface area (Å²) in [5.74, 6) is 1.06. The van der Waals surface area contributed by atoms with Gasteiger partial charge in [-0.2, -0.15) is 0 Å². The Kier molecular flexibility index (Phi) is 6.94. The predicted octanol–water partition coefficient (Wildman–Crippen LogP) is 4.00. The lowest BCUT2D eigenvalue weighted by atomic mass is 9.84. The van der Waals surface area contributed by atoms with Crippen molar-refractivity contribution in [2.45, 2.75) is 76.4 Å². The largest absolute Gasteiger partial charge is 0.396 e. The zero-order chi connectivity index (χ0) is 16.8. The van der Waals surface area contributed by atoms with Crippen LogP contribution >= 0.6 is 0 Å². The minimum Gasteiger partial charge on any atom is -0.396 e. The molecule has 0 aromatic carbocycles. The zero-order valence-corrected chi connectivity index (χ0v) is 14.9. The van der Waals surface area contributed by atoms with Crippen molar-refractivity contribution >= 4 is 0 Å². The summed E-state index contributed by atoms with van der Waals surface area (Å²) in [5, 5.41) is 19.8. The predicted molar refractivity (Wildman–Crippen MR) is 96.7 cm³/mol. The number of unbranched alkanes of at least 4 members (excludes halogenated alkanes) is 4. The van der Waals surface area contributed by atoms with Crippen LogP contribution < -0.4 is 0 Å². The molecule has 1 saturated heterocycles. The number of aliphatic hydroxyl groups is 2. The number of rotatable bonds is 8. The van der Waals surface area contributed by atoms with Crippen LogP contribution in [0.1, 0.15) is 64.2 Å². The summed E-state index contributed by atoms with van der Waals surface area (Å²) in [4.78, 5) is 0. The first-order valence-electron chi connectivity index (χ1n) is 10.1. The van der Waals surface area contributed by atoms with Crippen LogP contribution in [-0.4, -0.2) is 35.6 Å². The van der Waals surface area contributed by atoms with Gasteiger partial charge in [0.25, 0.3) is 0 Å².